The quantitative estimate of drug-likeness (QED) is 0.645. The van der Waals surface area contributed by atoms with Gasteiger partial charge < -0.3 is 0 Å². The minimum Gasteiger partial charge on any atom is -0.271 e. The highest BCUT2D eigenvalue weighted by Crippen LogP contribution is 2.24. The first kappa shape index (κ1) is 12.7. The Bertz CT molecular complexity index is 554. The smallest absolute Gasteiger partial charge is 0.126 e. The van der Waals surface area contributed by atoms with Crippen LogP contribution in [-0.2, 0) is 0 Å². The zero-order valence-corrected chi connectivity index (χ0v) is 10.4. The molecule has 1 heterocycles. The number of benzene rings is 1. The van der Waals surface area contributed by atoms with Crippen molar-refractivity contribution in [3.05, 3.63) is 64.7 Å². The number of aryl methyl sites for hydroxylation is 2. The molecule has 2 rings (SSSR count). The van der Waals surface area contributed by atoms with Gasteiger partial charge in [0.2, 0.25) is 0 Å². The molecule has 1 unspecified atom stereocenters. The molecule has 0 spiro atoms. The molecule has 0 aliphatic carbocycles. The van der Waals surface area contributed by atoms with Crippen LogP contribution in [0.3, 0.4) is 0 Å². The van der Waals surface area contributed by atoms with Crippen LogP contribution in [0.25, 0.3) is 0 Å². The lowest BCUT2D eigenvalue weighted by atomic mass is 9.96. The van der Waals surface area contributed by atoms with E-state index in [1.807, 2.05) is 13.0 Å². The molecule has 0 fully saturated rings. The second-order valence-corrected chi connectivity index (χ2v) is 4.34. The third-order valence-electron chi connectivity index (χ3n) is 3.07. The van der Waals surface area contributed by atoms with Crippen LogP contribution in [-0.4, -0.2) is 4.98 Å². The highest BCUT2D eigenvalue weighted by atomic mass is 19.1. The van der Waals surface area contributed by atoms with Crippen molar-refractivity contribution < 1.29 is 4.39 Å². The standard InChI is InChI=1S/C14H16FN3/c1-9-5-6-17-8-12(9)14(18-16)11-3-4-13(15)10(2)7-11/h3-8,14,18H,16H2,1-2H3. The van der Waals surface area contributed by atoms with Gasteiger partial charge in [0, 0.05) is 12.4 Å². The fourth-order valence-electron chi connectivity index (χ4n) is 1.99. The van der Waals surface area contributed by atoms with E-state index in [0.29, 0.717) is 5.56 Å². The molecule has 3 nitrogen and oxygen atoms in total. The summed E-state index contributed by atoms with van der Waals surface area (Å²) in [6, 6.07) is 6.74. The van der Waals surface area contributed by atoms with Crippen LogP contribution in [0.1, 0.15) is 28.3 Å². The highest BCUT2D eigenvalue weighted by molar-refractivity contribution is 5.36. The molecule has 2 aromatic rings. The van der Waals surface area contributed by atoms with Gasteiger partial charge in [-0.1, -0.05) is 12.1 Å². The minimum absolute atomic E-state index is 0.182. The predicted octanol–water partition coefficient (Wildman–Crippen LogP) is 2.39. The molecule has 1 aromatic heterocycles. The van der Waals surface area contributed by atoms with E-state index in [1.165, 1.54) is 6.07 Å². The number of hydrazine groups is 1. The van der Waals surface area contributed by atoms with Gasteiger partial charge in [-0.05, 0) is 48.2 Å². The summed E-state index contributed by atoms with van der Waals surface area (Å²) in [6.07, 6.45) is 3.51. The minimum atomic E-state index is -0.211. The van der Waals surface area contributed by atoms with Crippen molar-refractivity contribution in [1.82, 2.24) is 10.4 Å². The van der Waals surface area contributed by atoms with Gasteiger partial charge in [-0.3, -0.25) is 10.8 Å². The lowest BCUT2D eigenvalue weighted by molar-refractivity contribution is 0.606. The van der Waals surface area contributed by atoms with E-state index in [4.69, 9.17) is 5.84 Å². The van der Waals surface area contributed by atoms with E-state index in [-0.39, 0.29) is 11.9 Å². The van der Waals surface area contributed by atoms with Crippen molar-refractivity contribution in [3.63, 3.8) is 0 Å². The number of halogens is 1. The molecule has 0 radical (unpaired) electrons. The SMILES string of the molecule is Cc1cc(C(NN)c2cnccc2C)ccc1F. The van der Waals surface area contributed by atoms with Gasteiger partial charge in [0.1, 0.15) is 5.82 Å². The van der Waals surface area contributed by atoms with E-state index >= 15 is 0 Å². The molecule has 3 N–H and O–H groups in total. The highest BCUT2D eigenvalue weighted by Gasteiger charge is 2.15. The molecule has 94 valence electrons. The zero-order chi connectivity index (χ0) is 13.1. The summed E-state index contributed by atoms with van der Waals surface area (Å²) >= 11 is 0. The number of pyridine rings is 1. The first-order chi connectivity index (χ1) is 8.63. The fourth-order valence-corrected chi connectivity index (χ4v) is 1.99. The van der Waals surface area contributed by atoms with Gasteiger partial charge >= 0.3 is 0 Å². The lowest BCUT2D eigenvalue weighted by Crippen LogP contribution is -2.29. The van der Waals surface area contributed by atoms with Gasteiger partial charge in [0.05, 0.1) is 6.04 Å². The molecule has 0 saturated carbocycles. The number of rotatable bonds is 3. The van der Waals surface area contributed by atoms with Crippen LogP contribution in [0, 0.1) is 19.7 Å². The largest absolute Gasteiger partial charge is 0.271 e. The fraction of sp³-hybridized carbons (Fsp3) is 0.214. The molecule has 1 aromatic carbocycles. The van der Waals surface area contributed by atoms with Gasteiger partial charge in [0.15, 0.2) is 0 Å². The van der Waals surface area contributed by atoms with E-state index in [2.05, 4.69) is 10.4 Å². The molecule has 1 atom stereocenters. The van der Waals surface area contributed by atoms with Gasteiger partial charge in [-0.25, -0.2) is 9.82 Å². The summed E-state index contributed by atoms with van der Waals surface area (Å²) in [5.41, 5.74) is 6.37. The molecule has 18 heavy (non-hydrogen) atoms. The van der Waals surface area contributed by atoms with Crippen LogP contribution in [0.15, 0.2) is 36.7 Å². The molecule has 0 amide bonds. The third kappa shape index (κ3) is 2.39. The normalized spacial score (nSPS) is 12.4. The lowest BCUT2D eigenvalue weighted by Gasteiger charge is -2.19. The maximum absolute atomic E-state index is 13.3. The van der Waals surface area contributed by atoms with Crippen molar-refractivity contribution >= 4 is 0 Å². The molecule has 0 aliphatic rings. The Morgan fingerprint density at radius 1 is 1.22 bits per heavy atom. The molecule has 0 aliphatic heterocycles. The number of hydrogen-bond donors (Lipinski definition) is 2. The Balaban J connectivity index is 2.45. The van der Waals surface area contributed by atoms with Crippen molar-refractivity contribution in [2.24, 2.45) is 5.84 Å². The summed E-state index contributed by atoms with van der Waals surface area (Å²) in [4.78, 5) is 4.11. The maximum Gasteiger partial charge on any atom is 0.126 e. The van der Waals surface area contributed by atoms with Gasteiger partial charge in [-0.15, -0.1) is 0 Å². The molecule has 0 saturated heterocycles. The van der Waals surface area contributed by atoms with Crippen LogP contribution in [0.4, 0.5) is 4.39 Å². The molecular weight excluding hydrogens is 229 g/mol. The Labute approximate surface area is 106 Å². The van der Waals surface area contributed by atoms with E-state index in [0.717, 1.165) is 16.7 Å². The van der Waals surface area contributed by atoms with Crippen LogP contribution < -0.4 is 11.3 Å². The topological polar surface area (TPSA) is 50.9 Å². The zero-order valence-electron chi connectivity index (χ0n) is 10.4. The number of nitrogens with zero attached hydrogens (tertiary/aromatic N) is 1. The summed E-state index contributed by atoms with van der Waals surface area (Å²) in [5, 5.41) is 0. The number of nitrogens with two attached hydrogens (primary N) is 1. The van der Waals surface area contributed by atoms with Crippen LogP contribution in [0.5, 0.6) is 0 Å². The number of aromatic nitrogens is 1. The third-order valence-corrected chi connectivity index (χ3v) is 3.07. The maximum atomic E-state index is 13.3. The van der Waals surface area contributed by atoms with Crippen molar-refractivity contribution in [2.75, 3.05) is 0 Å². The summed E-state index contributed by atoms with van der Waals surface area (Å²) in [7, 11) is 0. The molecule has 0 bridgehead atoms. The Morgan fingerprint density at radius 3 is 2.61 bits per heavy atom. The number of hydrogen-bond acceptors (Lipinski definition) is 3. The molecular formula is C14H16FN3. The summed E-state index contributed by atoms with van der Waals surface area (Å²) < 4.78 is 13.3. The van der Waals surface area contributed by atoms with E-state index < -0.39 is 0 Å². The first-order valence-corrected chi connectivity index (χ1v) is 5.76. The number of nitrogens with one attached hydrogen (secondary N) is 1. The van der Waals surface area contributed by atoms with Crippen molar-refractivity contribution in [3.8, 4) is 0 Å². The van der Waals surface area contributed by atoms with Crippen LogP contribution >= 0.6 is 0 Å². The molecule has 4 heteroatoms. The summed E-state index contributed by atoms with van der Waals surface area (Å²) in [5.74, 6) is 5.41. The Kier molecular flexibility index (Phi) is 3.69. The first-order valence-electron chi connectivity index (χ1n) is 5.76. The van der Waals surface area contributed by atoms with Crippen LogP contribution in [0.2, 0.25) is 0 Å². The average molecular weight is 245 g/mol. The van der Waals surface area contributed by atoms with E-state index in [9.17, 15) is 4.39 Å². The average Bonchev–Trinajstić information content (AvgIpc) is 2.37. The summed E-state index contributed by atoms with van der Waals surface area (Å²) in [6.45, 7) is 3.74. The Morgan fingerprint density at radius 2 is 2.00 bits per heavy atom. The van der Waals surface area contributed by atoms with E-state index in [1.54, 1.807) is 31.5 Å². The second kappa shape index (κ2) is 5.25. The predicted molar refractivity (Wildman–Crippen MR) is 69.3 cm³/mol. The Hall–Kier alpha value is -1.78. The van der Waals surface area contributed by atoms with Gasteiger partial charge in [-0.2, -0.15) is 0 Å². The second-order valence-electron chi connectivity index (χ2n) is 4.34. The monoisotopic (exact) mass is 245 g/mol. The van der Waals surface area contributed by atoms with Gasteiger partial charge in [0.25, 0.3) is 0 Å². The van der Waals surface area contributed by atoms with Crippen molar-refractivity contribution in [2.45, 2.75) is 19.9 Å². The van der Waals surface area contributed by atoms with Crippen molar-refractivity contribution in [1.29, 1.82) is 0 Å².